The predicted octanol–water partition coefficient (Wildman–Crippen LogP) is 4.91. The average Bonchev–Trinajstić information content (AvgIpc) is 1.99. The van der Waals surface area contributed by atoms with Crippen molar-refractivity contribution in [2.24, 2.45) is 0 Å². The minimum absolute atomic E-state index is 0.0108. The van der Waals surface area contributed by atoms with Crippen molar-refractivity contribution in [3.05, 3.63) is 33.3 Å². The fourth-order valence-electron chi connectivity index (χ4n) is 0.872. The lowest BCUT2D eigenvalue weighted by atomic mass is 10.3. The summed E-state index contributed by atoms with van der Waals surface area (Å²) < 4.78 is 61.3. The van der Waals surface area contributed by atoms with Gasteiger partial charge in [-0.1, -0.05) is 31.0 Å². The number of rotatable bonds is 2. The third-order valence-electron chi connectivity index (χ3n) is 1.56. The van der Waals surface area contributed by atoms with E-state index in [1.165, 1.54) is 0 Å². The first-order valence-corrected chi connectivity index (χ1v) is 5.82. The topological polar surface area (TPSA) is 43.1 Å². The summed E-state index contributed by atoms with van der Waals surface area (Å²) in [7, 11) is -9.90. The lowest BCUT2D eigenvalue weighted by Gasteiger charge is -2.40. The molecule has 1 aromatic rings. The summed E-state index contributed by atoms with van der Waals surface area (Å²) >= 11 is 5.19. The highest BCUT2D eigenvalue weighted by molar-refractivity contribution is 8.45. The second-order valence-electron chi connectivity index (χ2n) is 2.84. The molecule has 0 aliphatic carbocycles. The Hall–Kier alpha value is -1.09. The Labute approximate surface area is 90.7 Å². The minimum Gasteiger partial charge on any atom is -0.258 e. The van der Waals surface area contributed by atoms with Crippen molar-refractivity contribution in [1.82, 2.24) is 0 Å². The number of hydrogen-bond donors (Lipinski definition) is 0. The molecule has 92 valence electrons. The molecule has 0 spiro atoms. The molecule has 0 bridgehead atoms. The maximum Gasteiger partial charge on any atom is 0.310 e. The number of halogens is 6. The molecule has 0 saturated carbocycles. The van der Waals surface area contributed by atoms with Crippen LogP contribution in [0.15, 0.2) is 23.1 Å². The highest BCUT2D eigenvalue weighted by Gasteiger charge is 2.65. The van der Waals surface area contributed by atoms with Crippen LogP contribution in [0.25, 0.3) is 0 Å². The van der Waals surface area contributed by atoms with Crippen molar-refractivity contribution in [3.8, 4) is 0 Å². The molecule has 0 unspecified atom stereocenters. The van der Waals surface area contributed by atoms with Crippen LogP contribution in [0.3, 0.4) is 0 Å². The standard InChI is InChI=1S/C6H3ClF5NO2S/c7-5-2-1-4(3-6(5)13(14)15)16(8,9,10,11)12/h1-3H. The van der Waals surface area contributed by atoms with Gasteiger partial charge in [0.15, 0.2) is 0 Å². The van der Waals surface area contributed by atoms with Gasteiger partial charge in [0.05, 0.1) is 4.92 Å². The molecule has 1 aromatic carbocycles. The highest BCUT2D eigenvalue weighted by Crippen LogP contribution is 3.02. The normalized spacial score (nSPS) is 16.4. The molecule has 0 amide bonds. The SMILES string of the molecule is O=[N+]([O-])c1cc(S(F)(F)(F)(F)F)ccc1Cl. The molecule has 0 saturated heterocycles. The predicted molar refractivity (Wildman–Crippen MR) is 49.5 cm³/mol. The van der Waals surface area contributed by atoms with Gasteiger partial charge in [-0.15, -0.1) is 0 Å². The van der Waals surface area contributed by atoms with Crippen LogP contribution in [0, 0.1) is 10.1 Å². The van der Waals surface area contributed by atoms with E-state index < -0.39 is 30.8 Å². The van der Waals surface area contributed by atoms with Gasteiger partial charge in [-0.05, 0) is 12.1 Å². The monoisotopic (exact) mass is 283 g/mol. The molecule has 10 heteroatoms. The van der Waals surface area contributed by atoms with Gasteiger partial charge < -0.3 is 0 Å². The third kappa shape index (κ3) is 2.73. The first-order valence-electron chi connectivity index (χ1n) is 3.49. The fraction of sp³-hybridized carbons (Fsp3) is 0. The summed E-state index contributed by atoms with van der Waals surface area (Å²) in [6, 6.07) is 0.147. The van der Waals surface area contributed by atoms with Gasteiger partial charge in [-0.25, -0.2) is 0 Å². The number of nitrogens with zero attached hydrogens (tertiary/aromatic N) is 1. The van der Waals surface area contributed by atoms with Gasteiger partial charge >= 0.3 is 10.2 Å². The lowest BCUT2D eigenvalue weighted by Crippen LogP contribution is -2.06. The van der Waals surface area contributed by atoms with Crippen LogP contribution in [0.2, 0.25) is 5.02 Å². The minimum atomic E-state index is -9.90. The fourth-order valence-corrected chi connectivity index (χ4v) is 1.72. The van der Waals surface area contributed by atoms with Gasteiger partial charge in [-0.3, -0.25) is 10.1 Å². The Morgan fingerprint density at radius 2 is 1.69 bits per heavy atom. The van der Waals surface area contributed by atoms with E-state index in [-0.39, 0.29) is 12.1 Å². The Morgan fingerprint density at radius 1 is 1.19 bits per heavy atom. The maximum absolute atomic E-state index is 12.3. The van der Waals surface area contributed by atoms with E-state index in [2.05, 4.69) is 0 Å². The summed E-state index contributed by atoms with van der Waals surface area (Å²) in [5.41, 5.74) is -1.22. The van der Waals surface area contributed by atoms with Crippen LogP contribution in [0.4, 0.5) is 25.1 Å². The van der Waals surface area contributed by atoms with Crippen molar-refractivity contribution in [2.75, 3.05) is 0 Å². The lowest BCUT2D eigenvalue weighted by molar-refractivity contribution is -0.385. The summed E-state index contributed by atoms with van der Waals surface area (Å²) in [6.07, 6.45) is 0. The zero-order valence-electron chi connectivity index (χ0n) is 7.17. The number of nitro benzene ring substituents is 1. The maximum atomic E-state index is 12.3. The molecule has 3 nitrogen and oxygen atoms in total. The summed E-state index contributed by atoms with van der Waals surface area (Å²) in [4.78, 5) is 6.63. The summed E-state index contributed by atoms with van der Waals surface area (Å²) in [6.45, 7) is 0. The van der Waals surface area contributed by atoms with E-state index in [9.17, 15) is 29.5 Å². The van der Waals surface area contributed by atoms with Gasteiger partial charge in [0, 0.05) is 6.07 Å². The molecule has 16 heavy (non-hydrogen) atoms. The Balaban J connectivity index is 3.54. The van der Waals surface area contributed by atoms with E-state index >= 15 is 0 Å². The van der Waals surface area contributed by atoms with Crippen LogP contribution in [0.5, 0.6) is 0 Å². The number of nitro groups is 1. The molecule has 0 N–H and O–H groups in total. The molecule has 0 aliphatic rings. The number of hydrogen-bond acceptors (Lipinski definition) is 2. The highest BCUT2D eigenvalue weighted by atomic mass is 35.5. The second-order valence-corrected chi connectivity index (χ2v) is 5.66. The Morgan fingerprint density at radius 3 is 2.06 bits per heavy atom. The van der Waals surface area contributed by atoms with Crippen LogP contribution in [-0.4, -0.2) is 4.92 Å². The molecule has 0 atom stereocenters. The number of benzene rings is 1. The summed E-state index contributed by atoms with van der Waals surface area (Å²) in [5.74, 6) is 0. The molecule has 0 aliphatic heterocycles. The molecule has 1 rings (SSSR count). The van der Waals surface area contributed by atoms with Crippen molar-refractivity contribution >= 4 is 27.5 Å². The van der Waals surface area contributed by atoms with E-state index in [0.717, 1.165) is 0 Å². The smallest absolute Gasteiger partial charge is 0.258 e. The zero-order valence-corrected chi connectivity index (χ0v) is 8.74. The summed E-state index contributed by atoms with van der Waals surface area (Å²) in [5, 5.41) is 9.59. The van der Waals surface area contributed by atoms with Gasteiger partial charge in [0.2, 0.25) is 0 Å². The third-order valence-corrected chi connectivity index (χ3v) is 3.02. The first kappa shape index (κ1) is 13.0. The van der Waals surface area contributed by atoms with Crippen molar-refractivity contribution in [2.45, 2.75) is 4.90 Å². The van der Waals surface area contributed by atoms with Gasteiger partial charge in [0.25, 0.3) is 5.69 Å². The Kier molecular flexibility index (Phi) is 2.25. The molecule has 0 aromatic heterocycles. The Bertz CT molecular complexity index is 473. The van der Waals surface area contributed by atoms with Crippen LogP contribution < -0.4 is 0 Å². The van der Waals surface area contributed by atoms with Crippen LogP contribution in [0.1, 0.15) is 0 Å². The quantitative estimate of drug-likeness (QED) is 0.440. The van der Waals surface area contributed by atoms with E-state index in [1.54, 1.807) is 0 Å². The molecule has 0 radical (unpaired) electrons. The molecule has 0 fully saturated rings. The van der Waals surface area contributed by atoms with Gasteiger partial charge in [-0.2, -0.15) is 0 Å². The van der Waals surface area contributed by atoms with Crippen molar-refractivity contribution in [3.63, 3.8) is 0 Å². The van der Waals surface area contributed by atoms with Crippen molar-refractivity contribution < 1.29 is 24.4 Å². The van der Waals surface area contributed by atoms with E-state index in [1.807, 2.05) is 0 Å². The average molecular weight is 284 g/mol. The van der Waals surface area contributed by atoms with Crippen LogP contribution in [-0.2, 0) is 0 Å². The first-order chi connectivity index (χ1) is 6.81. The second kappa shape index (κ2) is 2.77. The van der Waals surface area contributed by atoms with E-state index in [4.69, 9.17) is 11.6 Å². The van der Waals surface area contributed by atoms with Gasteiger partial charge in [0.1, 0.15) is 9.92 Å². The van der Waals surface area contributed by atoms with E-state index in [0.29, 0.717) is 6.07 Å². The molecular formula is C6H3ClF5NO2S. The van der Waals surface area contributed by atoms with Crippen molar-refractivity contribution in [1.29, 1.82) is 0 Å². The van der Waals surface area contributed by atoms with Crippen LogP contribution >= 0.6 is 21.8 Å². The molecular weight excluding hydrogens is 281 g/mol. The zero-order chi connectivity index (χ0) is 12.8. The largest absolute Gasteiger partial charge is 0.310 e. The molecule has 0 heterocycles.